The number of aromatic nitrogens is 3. The number of likely N-dealkylation sites (tertiary alicyclic amines) is 2. The molecule has 0 spiro atoms. The number of thiazole rings is 1. The third kappa shape index (κ3) is 13.3. The summed E-state index contributed by atoms with van der Waals surface area (Å²) in [5, 5.41) is 8.12. The molecule has 17 nitrogen and oxygen atoms in total. The van der Waals surface area contributed by atoms with Crippen molar-refractivity contribution in [2.75, 3.05) is 67.6 Å². The van der Waals surface area contributed by atoms with E-state index in [4.69, 9.17) is 19.4 Å². The number of cyclic esters (lactones) is 1. The number of rotatable bonds is 11. The quantitative estimate of drug-likeness (QED) is 0.133. The highest BCUT2D eigenvalue weighted by molar-refractivity contribution is 7.59. The molecule has 74 heavy (non-hydrogen) atoms. The van der Waals surface area contributed by atoms with Gasteiger partial charge in [0.2, 0.25) is 11.8 Å². The maximum atomic E-state index is 14.7. The number of methoxy groups -OCH3 is 1. The Balaban J connectivity index is 0.00000296. The van der Waals surface area contributed by atoms with Crippen LogP contribution in [0.15, 0.2) is 54.1 Å². The summed E-state index contributed by atoms with van der Waals surface area (Å²) >= 11 is 1.41. The van der Waals surface area contributed by atoms with E-state index in [-0.39, 0.29) is 97.0 Å². The van der Waals surface area contributed by atoms with E-state index in [0.29, 0.717) is 56.4 Å². The first-order valence-electron chi connectivity index (χ1n) is 24.7. The number of urea groups is 1. The molecule has 6 bridgehead atoms. The molecule has 8 rings (SSSR count). The summed E-state index contributed by atoms with van der Waals surface area (Å²) in [5.74, 6) is -1.40. The van der Waals surface area contributed by atoms with Crippen LogP contribution in [0.3, 0.4) is 0 Å². The number of carbonyl (C=O) groups is 5. The van der Waals surface area contributed by atoms with Gasteiger partial charge in [0, 0.05) is 112 Å². The van der Waals surface area contributed by atoms with Crippen LogP contribution in [-0.4, -0.2) is 161 Å². The fraction of sp³-hybridized carbons (Fsp3) is 0.558. The molecule has 0 unspecified atom stereocenters. The predicted octanol–water partition coefficient (Wildman–Crippen LogP) is 5.99. The van der Waals surface area contributed by atoms with Gasteiger partial charge in [0.05, 0.1) is 40.8 Å². The van der Waals surface area contributed by atoms with Crippen LogP contribution in [0.1, 0.15) is 76.8 Å². The molecule has 3 saturated heterocycles. The Bertz CT molecular complexity index is 2650. The SMILES string of the molecule is CCn1c(-c2cccnc2[C@H](C)OC)c2c3cc(ccc31)-c1csc(n1)C[C@H](NC(=O)[C@H](C(C)C)N(C)C(=O)N(C)C1CN(C(=O)/C=C/C3CN(C)C3)C1)C(=O)N1CCC[C@H](N1)C(=O)OCC(C)(C)C2.S.S.S.S. The zero-order valence-corrected chi connectivity index (χ0v) is 49.2. The second-order valence-corrected chi connectivity index (χ2v) is 21.6. The number of amides is 5. The molecule has 0 radical (unpaired) electrons. The number of carbonyl (C=O) groups excluding carboxylic acids is 5. The Labute approximate surface area is 468 Å². The number of fused-ring (bicyclic) bond motifs is 6. The van der Waals surface area contributed by atoms with Gasteiger partial charge in [0.1, 0.15) is 18.1 Å². The third-order valence-electron chi connectivity index (χ3n) is 14.4. The van der Waals surface area contributed by atoms with Crippen molar-refractivity contribution in [3.8, 4) is 22.5 Å². The fourth-order valence-corrected chi connectivity index (χ4v) is 11.2. The number of pyridine rings is 1. The van der Waals surface area contributed by atoms with Crippen LogP contribution in [0.2, 0.25) is 0 Å². The molecule has 3 aromatic heterocycles. The van der Waals surface area contributed by atoms with Crippen LogP contribution in [0.4, 0.5) is 4.79 Å². The highest BCUT2D eigenvalue weighted by atomic mass is 32.1. The minimum absolute atomic E-state index is 0. The van der Waals surface area contributed by atoms with E-state index in [0.717, 1.165) is 57.8 Å². The number of esters is 1. The number of hydrogen-bond acceptors (Lipinski definition) is 12. The Morgan fingerprint density at radius 3 is 2.43 bits per heavy atom. The molecule has 408 valence electrons. The lowest BCUT2D eigenvalue weighted by atomic mass is 9.84. The van der Waals surface area contributed by atoms with Crippen molar-refractivity contribution in [3.05, 3.63) is 70.3 Å². The molecule has 1 aromatic carbocycles. The molecule has 4 aliphatic rings. The predicted molar refractivity (Wildman–Crippen MR) is 311 cm³/mol. The lowest BCUT2D eigenvalue weighted by molar-refractivity contribution is -0.155. The summed E-state index contributed by atoms with van der Waals surface area (Å²) in [7, 11) is 7.02. The van der Waals surface area contributed by atoms with Crippen molar-refractivity contribution in [1.29, 1.82) is 0 Å². The third-order valence-corrected chi connectivity index (χ3v) is 15.3. The smallest absolute Gasteiger partial charge is 0.324 e. The number of hydrazine groups is 1. The molecule has 5 amide bonds. The largest absolute Gasteiger partial charge is 0.464 e. The van der Waals surface area contributed by atoms with Crippen LogP contribution in [0, 0.1) is 17.3 Å². The first-order valence-corrected chi connectivity index (χ1v) is 25.5. The van der Waals surface area contributed by atoms with Gasteiger partial charge in [-0.2, -0.15) is 54.0 Å². The van der Waals surface area contributed by atoms with Gasteiger partial charge >= 0.3 is 12.0 Å². The minimum Gasteiger partial charge on any atom is -0.464 e. The van der Waals surface area contributed by atoms with Crippen molar-refractivity contribution in [2.45, 2.75) is 104 Å². The van der Waals surface area contributed by atoms with E-state index >= 15 is 0 Å². The zero-order chi connectivity index (χ0) is 50.2. The van der Waals surface area contributed by atoms with Crippen LogP contribution in [-0.2, 0) is 48.0 Å². The molecule has 2 N–H and O–H groups in total. The number of nitrogens with one attached hydrogen (secondary N) is 2. The Morgan fingerprint density at radius 2 is 1.77 bits per heavy atom. The Hall–Kier alpha value is -4.29. The maximum Gasteiger partial charge on any atom is 0.324 e. The van der Waals surface area contributed by atoms with E-state index in [1.807, 2.05) is 45.3 Å². The number of hydrogen-bond donors (Lipinski definition) is 2. The lowest BCUT2D eigenvalue weighted by Crippen LogP contribution is -2.65. The van der Waals surface area contributed by atoms with E-state index in [1.54, 1.807) is 43.3 Å². The highest BCUT2D eigenvalue weighted by Gasteiger charge is 2.41. The molecule has 7 heterocycles. The van der Waals surface area contributed by atoms with E-state index in [9.17, 15) is 24.0 Å². The summed E-state index contributed by atoms with van der Waals surface area (Å²) in [5.41, 5.74) is 9.27. The number of nitrogens with zero attached hydrogens (tertiary/aromatic N) is 8. The Morgan fingerprint density at radius 1 is 1.05 bits per heavy atom. The number of aryl methyl sites for hydroxylation is 1. The summed E-state index contributed by atoms with van der Waals surface area (Å²) in [4.78, 5) is 86.9. The molecular weight excluding hydrogens is 1040 g/mol. The molecule has 22 heteroatoms. The van der Waals surface area contributed by atoms with Gasteiger partial charge in [0.25, 0.3) is 5.91 Å². The molecule has 0 aliphatic carbocycles. The first-order chi connectivity index (χ1) is 33.4. The van der Waals surface area contributed by atoms with Crippen LogP contribution in [0.25, 0.3) is 33.4 Å². The average molecular weight is 1120 g/mol. The van der Waals surface area contributed by atoms with E-state index in [1.165, 1.54) is 21.2 Å². The summed E-state index contributed by atoms with van der Waals surface area (Å²) in [6.07, 6.45) is 6.78. The fourth-order valence-electron chi connectivity index (χ4n) is 10.3. The summed E-state index contributed by atoms with van der Waals surface area (Å²) < 4.78 is 14.3. The second kappa shape index (κ2) is 26.2. The van der Waals surface area contributed by atoms with Gasteiger partial charge < -0.3 is 39.0 Å². The first kappa shape index (κ1) is 62.3. The van der Waals surface area contributed by atoms with Gasteiger partial charge in [-0.1, -0.05) is 39.8 Å². The Kier molecular flexibility index (Phi) is 22.0. The zero-order valence-electron chi connectivity index (χ0n) is 44.4. The number of ether oxygens (including phenoxy) is 2. The molecule has 4 aliphatic heterocycles. The van der Waals surface area contributed by atoms with Gasteiger partial charge in [-0.05, 0) is 82.0 Å². The molecular formula is C52H78N10O7S5. The van der Waals surface area contributed by atoms with Crippen LogP contribution >= 0.6 is 65.3 Å². The van der Waals surface area contributed by atoms with Gasteiger partial charge in [-0.25, -0.2) is 15.2 Å². The van der Waals surface area contributed by atoms with Crippen LogP contribution in [0.5, 0.6) is 0 Å². The molecule has 4 aromatic rings. The standard InChI is InChI=1S/C52H70N10O7S.4H2S/c1-11-61-42-18-17-34-22-37(42)38(47(61)36-14-12-20-53-45(36)32(4)68-10)24-52(5,6)30-69-50(66)39-15-13-21-62(56-39)49(65)40(23-43-54-41(34)29-70-43)55-48(64)46(31(2)3)59(9)51(67)58(8)35-27-60(28-35)44(63)19-16-33-25-57(7)26-33;;;;/h12,14,16-20,22,29,31-33,35,39-40,46,56H,11,13,15,21,23-28,30H2,1-10H3,(H,55,64);4*1H2/b19-16+;;;;/t32-,39-,40-,46-;;;;/m0..../s1. The van der Waals surface area contributed by atoms with E-state index < -0.39 is 41.3 Å². The second-order valence-electron chi connectivity index (χ2n) is 20.7. The van der Waals surface area contributed by atoms with Crippen molar-refractivity contribution in [2.24, 2.45) is 17.3 Å². The van der Waals surface area contributed by atoms with Crippen molar-refractivity contribution < 1.29 is 33.4 Å². The van der Waals surface area contributed by atoms with Gasteiger partial charge in [-0.15, -0.1) is 11.3 Å². The molecule has 4 atom stereocenters. The highest BCUT2D eigenvalue weighted by Crippen LogP contribution is 2.42. The number of benzene rings is 1. The van der Waals surface area contributed by atoms with E-state index in [2.05, 4.69) is 65.2 Å². The summed E-state index contributed by atoms with van der Waals surface area (Å²) in [6, 6.07) is 7.02. The minimum atomic E-state index is -1.09. The van der Waals surface area contributed by atoms with Crippen molar-refractivity contribution in [3.63, 3.8) is 0 Å². The van der Waals surface area contributed by atoms with Crippen molar-refractivity contribution in [1.82, 2.24) is 49.9 Å². The molecule has 0 saturated carbocycles. The average Bonchev–Trinajstić information content (AvgIpc) is 3.91. The molecule has 3 fully saturated rings. The monoisotopic (exact) mass is 1110 g/mol. The summed E-state index contributed by atoms with van der Waals surface area (Å²) in [6.45, 7) is 15.8. The van der Waals surface area contributed by atoms with Gasteiger partial charge in [-0.3, -0.25) is 29.2 Å². The van der Waals surface area contributed by atoms with Gasteiger partial charge in [0.15, 0.2) is 0 Å². The topological polar surface area (TPSA) is 175 Å². The normalized spacial score (nSPS) is 20.1. The van der Waals surface area contributed by atoms with Crippen LogP contribution < -0.4 is 10.7 Å². The number of likely N-dealkylation sites (N-methyl/N-ethyl adjacent to an activating group) is 2. The maximum absolute atomic E-state index is 14.7. The van der Waals surface area contributed by atoms with Crippen molar-refractivity contribution >= 4 is 106 Å². The lowest BCUT2D eigenvalue weighted by Gasteiger charge is -2.45.